The van der Waals surface area contributed by atoms with Gasteiger partial charge in [0, 0.05) is 19.8 Å². The van der Waals surface area contributed by atoms with Gasteiger partial charge in [-0.05, 0) is 31.9 Å². The monoisotopic (exact) mass is 229 g/mol. The molecule has 0 fully saturated rings. The lowest BCUT2D eigenvalue weighted by molar-refractivity contribution is 0.147. The number of hydrogen-bond donors (Lipinski definition) is 1. The molecule has 0 unspecified atom stereocenters. The van der Waals surface area contributed by atoms with Gasteiger partial charge in [-0.1, -0.05) is 6.07 Å². The first-order valence-corrected chi connectivity index (χ1v) is 5.43. The normalized spacial score (nSPS) is 10.5. The molecule has 0 aliphatic carbocycles. The molecule has 1 aromatic carbocycles. The predicted octanol–water partition coefficient (Wildman–Crippen LogP) is 3.11. The molecule has 0 aliphatic rings. The zero-order valence-corrected chi connectivity index (χ0v) is 9.65. The molecule has 1 aromatic rings. The number of ether oxygens (including phenoxy) is 1. The van der Waals surface area contributed by atoms with Crippen LogP contribution >= 0.6 is 0 Å². The minimum Gasteiger partial charge on any atom is -0.382 e. The van der Waals surface area contributed by atoms with Crippen molar-refractivity contribution in [3.05, 3.63) is 29.3 Å². The van der Waals surface area contributed by atoms with Gasteiger partial charge >= 0.3 is 0 Å². The van der Waals surface area contributed by atoms with Crippen LogP contribution in [0.3, 0.4) is 0 Å². The van der Waals surface area contributed by atoms with Crippen molar-refractivity contribution >= 4 is 5.69 Å². The highest BCUT2D eigenvalue weighted by molar-refractivity contribution is 5.48. The first kappa shape index (κ1) is 12.9. The summed E-state index contributed by atoms with van der Waals surface area (Å²) in [6, 6.07) is 2.69. The molecular formula is C12H17F2NO. The molecule has 0 saturated carbocycles. The number of halogens is 2. The van der Waals surface area contributed by atoms with Gasteiger partial charge in [-0.25, -0.2) is 8.78 Å². The van der Waals surface area contributed by atoms with E-state index in [-0.39, 0.29) is 5.69 Å². The largest absolute Gasteiger partial charge is 0.382 e. The summed E-state index contributed by atoms with van der Waals surface area (Å²) in [5.74, 6) is -1.07. The van der Waals surface area contributed by atoms with Crippen LogP contribution in [0.2, 0.25) is 0 Å². The van der Waals surface area contributed by atoms with E-state index in [0.29, 0.717) is 25.3 Å². The Hall–Kier alpha value is -1.16. The standard InChI is InChI=1S/C12H17F2NO/c1-3-16-8-4-7-15-12-10(13)6-5-9(2)11(12)14/h5-6,15H,3-4,7-8H2,1-2H3. The van der Waals surface area contributed by atoms with Gasteiger partial charge in [0.2, 0.25) is 0 Å². The van der Waals surface area contributed by atoms with E-state index in [2.05, 4.69) is 5.32 Å². The molecule has 0 spiro atoms. The van der Waals surface area contributed by atoms with E-state index in [1.54, 1.807) is 6.92 Å². The van der Waals surface area contributed by atoms with Crippen molar-refractivity contribution in [3.63, 3.8) is 0 Å². The number of nitrogens with one attached hydrogen (secondary N) is 1. The third kappa shape index (κ3) is 3.45. The van der Waals surface area contributed by atoms with Crippen LogP contribution in [0, 0.1) is 18.6 Å². The van der Waals surface area contributed by atoms with Gasteiger partial charge in [0.1, 0.15) is 11.5 Å². The summed E-state index contributed by atoms with van der Waals surface area (Å²) in [5, 5.41) is 2.75. The van der Waals surface area contributed by atoms with E-state index in [1.807, 2.05) is 6.92 Å². The molecule has 90 valence electrons. The summed E-state index contributed by atoms with van der Waals surface area (Å²) < 4.78 is 31.9. The van der Waals surface area contributed by atoms with Gasteiger partial charge in [-0.2, -0.15) is 0 Å². The Morgan fingerprint density at radius 2 is 2.06 bits per heavy atom. The zero-order valence-electron chi connectivity index (χ0n) is 9.65. The van der Waals surface area contributed by atoms with Crippen molar-refractivity contribution in [3.8, 4) is 0 Å². The third-order valence-electron chi connectivity index (χ3n) is 2.26. The first-order chi connectivity index (χ1) is 7.66. The van der Waals surface area contributed by atoms with E-state index >= 15 is 0 Å². The minimum atomic E-state index is -0.556. The van der Waals surface area contributed by atoms with Gasteiger partial charge < -0.3 is 10.1 Å². The number of aryl methyl sites for hydroxylation is 1. The molecule has 0 radical (unpaired) electrons. The second-order valence-electron chi connectivity index (χ2n) is 3.53. The number of hydrogen-bond acceptors (Lipinski definition) is 2. The molecule has 0 aliphatic heterocycles. The van der Waals surface area contributed by atoms with Crippen LogP contribution < -0.4 is 5.32 Å². The van der Waals surface area contributed by atoms with Crippen molar-refractivity contribution in [2.24, 2.45) is 0 Å². The van der Waals surface area contributed by atoms with Gasteiger partial charge in [0.15, 0.2) is 5.82 Å². The van der Waals surface area contributed by atoms with Crippen LogP contribution in [0.1, 0.15) is 18.9 Å². The highest BCUT2D eigenvalue weighted by atomic mass is 19.1. The molecule has 0 saturated heterocycles. The Morgan fingerprint density at radius 1 is 1.31 bits per heavy atom. The van der Waals surface area contributed by atoms with Crippen molar-refractivity contribution < 1.29 is 13.5 Å². The van der Waals surface area contributed by atoms with Crippen LogP contribution in [0.15, 0.2) is 12.1 Å². The van der Waals surface area contributed by atoms with Gasteiger partial charge in [0.25, 0.3) is 0 Å². The van der Waals surface area contributed by atoms with Crippen LogP contribution in [0.4, 0.5) is 14.5 Å². The molecule has 2 nitrogen and oxygen atoms in total. The van der Waals surface area contributed by atoms with Crippen LogP contribution in [0.25, 0.3) is 0 Å². The molecule has 1 N–H and O–H groups in total. The molecule has 4 heteroatoms. The van der Waals surface area contributed by atoms with Crippen molar-refractivity contribution in [2.45, 2.75) is 20.3 Å². The fourth-order valence-corrected chi connectivity index (χ4v) is 1.35. The van der Waals surface area contributed by atoms with Gasteiger partial charge in [-0.3, -0.25) is 0 Å². The van der Waals surface area contributed by atoms with E-state index < -0.39 is 11.6 Å². The maximum Gasteiger partial charge on any atom is 0.152 e. The Morgan fingerprint density at radius 3 is 2.75 bits per heavy atom. The second-order valence-corrected chi connectivity index (χ2v) is 3.53. The smallest absolute Gasteiger partial charge is 0.152 e. The maximum atomic E-state index is 13.5. The molecule has 1 rings (SSSR count). The van der Waals surface area contributed by atoms with Crippen molar-refractivity contribution in [2.75, 3.05) is 25.1 Å². The molecule has 0 atom stereocenters. The van der Waals surface area contributed by atoms with Crippen LogP contribution in [-0.4, -0.2) is 19.8 Å². The molecule has 0 aromatic heterocycles. The molecule has 0 bridgehead atoms. The zero-order chi connectivity index (χ0) is 12.0. The fourth-order valence-electron chi connectivity index (χ4n) is 1.35. The summed E-state index contributed by atoms with van der Waals surface area (Å²) in [7, 11) is 0. The van der Waals surface area contributed by atoms with Crippen LogP contribution in [0.5, 0.6) is 0 Å². The highest BCUT2D eigenvalue weighted by Crippen LogP contribution is 2.21. The Labute approximate surface area is 94.6 Å². The summed E-state index contributed by atoms with van der Waals surface area (Å²) in [6.45, 7) is 5.27. The van der Waals surface area contributed by atoms with E-state index in [9.17, 15) is 8.78 Å². The lowest BCUT2D eigenvalue weighted by atomic mass is 10.2. The molecular weight excluding hydrogens is 212 g/mol. The Balaban J connectivity index is 2.50. The molecule has 0 amide bonds. The lowest BCUT2D eigenvalue weighted by Crippen LogP contribution is -2.09. The van der Waals surface area contributed by atoms with Crippen molar-refractivity contribution in [1.29, 1.82) is 0 Å². The number of anilines is 1. The maximum absolute atomic E-state index is 13.5. The van der Waals surface area contributed by atoms with Gasteiger partial charge in [0.05, 0.1) is 0 Å². The Kier molecular flexibility index (Phi) is 5.19. The molecule has 16 heavy (non-hydrogen) atoms. The first-order valence-electron chi connectivity index (χ1n) is 5.43. The van der Waals surface area contributed by atoms with E-state index in [4.69, 9.17) is 4.74 Å². The van der Waals surface area contributed by atoms with Crippen molar-refractivity contribution in [1.82, 2.24) is 0 Å². The van der Waals surface area contributed by atoms with E-state index in [0.717, 1.165) is 6.42 Å². The third-order valence-corrected chi connectivity index (χ3v) is 2.26. The summed E-state index contributed by atoms with van der Waals surface area (Å²) in [4.78, 5) is 0. The SMILES string of the molecule is CCOCCCNc1c(F)ccc(C)c1F. The van der Waals surface area contributed by atoms with Gasteiger partial charge in [-0.15, -0.1) is 0 Å². The quantitative estimate of drug-likeness (QED) is 0.757. The second kappa shape index (κ2) is 6.43. The predicted molar refractivity (Wildman–Crippen MR) is 60.7 cm³/mol. The highest BCUT2D eigenvalue weighted by Gasteiger charge is 2.10. The number of rotatable bonds is 6. The minimum absolute atomic E-state index is 0.0449. The topological polar surface area (TPSA) is 21.3 Å². The van der Waals surface area contributed by atoms with E-state index in [1.165, 1.54) is 12.1 Å². The molecule has 0 heterocycles. The Bertz CT molecular complexity index is 342. The fraction of sp³-hybridized carbons (Fsp3) is 0.500. The number of benzene rings is 1. The van der Waals surface area contributed by atoms with Crippen LogP contribution in [-0.2, 0) is 4.74 Å². The average molecular weight is 229 g/mol. The average Bonchev–Trinajstić information content (AvgIpc) is 2.28. The lowest BCUT2D eigenvalue weighted by Gasteiger charge is -2.10. The summed E-state index contributed by atoms with van der Waals surface area (Å²) >= 11 is 0. The summed E-state index contributed by atoms with van der Waals surface area (Å²) in [5.41, 5.74) is 0.394. The summed E-state index contributed by atoms with van der Waals surface area (Å²) in [6.07, 6.45) is 0.723.